The van der Waals surface area contributed by atoms with Crippen LogP contribution in [-0.4, -0.2) is 34.8 Å². The summed E-state index contributed by atoms with van der Waals surface area (Å²) in [7, 11) is 0. The van der Waals surface area contributed by atoms with Crippen LogP contribution in [0.25, 0.3) is 0 Å². The van der Waals surface area contributed by atoms with E-state index < -0.39 is 17.0 Å². The van der Waals surface area contributed by atoms with E-state index in [1.54, 1.807) is 35.2 Å². The molecule has 0 unspecified atom stereocenters. The summed E-state index contributed by atoms with van der Waals surface area (Å²) >= 11 is 0. The summed E-state index contributed by atoms with van der Waals surface area (Å²) in [6.45, 7) is 6.13. The number of nitro groups is 1. The van der Waals surface area contributed by atoms with E-state index in [2.05, 4.69) is 0 Å². The highest BCUT2D eigenvalue weighted by Crippen LogP contribution is 2.26. The summed E-state index contributed by atoms with van der Waals surface area (Å²) in [5.41, 5.74) is 0.647. The number of nitro benzene ring substituents is 1. The number of hydrogen-bond donors (Lipinski definition) is 0. The van der Waals surface area contributed by atoms with Crippen molar-refractivity contribution in [3.8, 4) is 0 Å². The van der Waals surface area contributed by atoms with Crippen molar-refractivity contribution in [1.82, 2.24) is 4.90 Å². The molecule has 0 aliphatic carbocycles. The largest absolute Gasteiger partial charge is 0.444 e. The fourth-order valence-electron chi connectivity index (χ4n) is 2.80. The van der Waals surface area contributed by atoms with E-state index in [9.17, 15) is 19.7 Å². The van der Waals surface area contributed by atoms with Crippen molar-refractivity contribution in [3.63, 3.8) is 0 Å². The third-order valence-electron chi connectivity index (χ3n) is 4.35. The zero-order valence-electron chi connectivity index (χ0n) is 15.5. The lowest BCUT2D eigenvalue weighted by atomic mass is 10.1. The summed E-state index contributed by atoms with van der Waals surface area (Å²) in [6, 6.07) is 12.9. The lowest BCUT2D eigenvalue weighted by Crippen LogP contribution is -2.36. The Morgan fingerprint density at radius 2 is 1.70 bits per heavy atom. The average molecular weight is 370 g/mol. The Morgan fingerprint density at radius 1 is 1.07 bits per heavy atom. The monoisotopic (exact) mass is 370 g/mol. The van der Waals surface area contributed by atoms with E-state index in [-0.39, 0.29) is 22.7 Å². The molecule has 27 heavy (non-hydrogen) atoms. The number of likely N-dealkylation sites (N-methyl/N-ethyl adjacent to an activating group) is 1. The van der Waals surface area contributed by atoms with Crippen molar-refractivity contribution in [2.24, 2.45) is 0 Å². The number of carbonyl (C=O) groups is 2. The normalized spacial score (nSPS) is 11.5. The molecule has 0 saturated heterocycles. The molecule has 1 atom stereocenters. The Labute approximate surface area is 157 Å². The second-order valence-corrected chi connectivity index (χ2v) is 5.91. The van der Waals surface area contributed by atoms with Gasteiger partial charge in [-0.3, -0.25) is 14.9 Å². The second kappa shape index (κ2) is 8.93. The fraction of sp³-hybridized carbons (Fsp3) is 0.300. The number of benzene rings is 2. The molecule has 0 bridgehead atoms. The van der Waals surface area contributed by atoms with Crippen molar-refractivity contribution < 1.29 is 19.2 Å². The first-order valence-corrected chi connectivity index (χ1v) is 8.69. The van der Waals surface area contributed by atoms with E-state index in [0.717, 1.165) is 0 Å². The number of ether oxygens (including phenoxy) is 1. The minimum atomic E-state index is -1.11. The summed E-state index contributed by atoms with van der Waals surface area (Å²) in [6.07, 6.45) is -1.11. The molecule has 0 heterocycles. The van der Waals surface area contributed by atoms with E-state index in [0.29, 0.717) is 18.7 Å². The number of rotatable bonds is 7. The molecule has 2 aromatic carbocycles. The maximum atomic E-state index is 12.9. The van der Waals surface area contributed by atoms with Crippen molar-refractivity contribution >= 4 is 17.6 Å². The van der Waals surface area contributed by atoms with E-state index in [1.165, 1.54) is 25.1 Å². The molecule has 7 heteroatoms. The molecule has 7 nitrogen and oxygen atoms in total. The van der Waals surface area contributed by atoms with Gasteiger partial charge in [-0.25, -0.2) is 4.79 Å². The van der Waals surface area contributed by atoms with Crippen molar-refractivity contribution in [2.45, 2.75) is 26.9 Å². The standard InChI is InChI=1S/C20H22N2O5/c1-4-21(5-2)19(23)18(15-10-7-6-8-11-15)27-20(24)16-12-9-13-17(14(16)3)22(25)26/h6-13,18H,4-5H2,1-3H3/t18-/m0/s1. The van der Waals surface area contributed by atoms with Crippen LogP contribution in [0, 0.1) is 17.0 Å². The van der Waals surface area contributed by atoms with Crippen LogP contribution < -0.4 is 0 Å². The summed E-state index contributed by atoms with van der Waals surface area (Å²) < 4.78 is 5.53. The molecule has 0 fully saturated rings. The zero-order valence-corrected chi connectivity index (χ0v) is 15.5. The molecular formula is C20H22N2O5. The molecule has 1 amide bonds. The highest BCUT2D eigenvalue weighted by Gasteiger charge is 2.30. The third-order valence-corrected chi connectivity index (χ3v) is 4.35. The Hall–Kier alpha value is -3.22. The molecule has 2 aromatic rings. The first-order chi connectivity index (χ1) is 12.9. The number of nitrogens with zero attached hydrogens (tertiary/aromatic N) is 2. The van der Waals surface area contributed by atoms with Gasteiger partial charge in [-0.15, -0.1) is 0 Å². The zero-order chi connectivity index (χ0) is 20.0. The average Bonchev–Trinajstić information content (AvgIpc) is 2.67. The lowest BCUT2D eigenvalue weighted by molar-refractivity contribution is -0.385. The van der Waals surface area contributed by atoms with Crippen LogP contribution in [0.3, 0.4) is 0 Å². The van der Waals surface area contributed by atoms with Crippen LogP contribution in [0.1, 0.15) is 41.4 Å². The van der Waals surface area contributed by atoms with Gasteiger partial charge in [0.25, 0.3) is 11.6 Å². The third kappa shape index (κ3) is 4.49. The van der Waals surface area contributed by atoms with Gasteiger partial charge in [0.1, 0.15) is 0 Å². The van der Waals surface area contributed by atoms with Crippen molar-refractivity contribution in [3.05, 3.63) is 75.3 Å². The topological polar surface area (TPSA) is 89.8 Å². The van der Waals surface area contributed by atoms with Gasteiger partial charge in [0, 0.05) is 30.3 Å². The quantitative estimate of drug-likeness (QED) is 0.421. The van der Waals surface area contributed by atoms with E-state index >= 15 is 0 Å². The Bertz CT molecular complexity index is 832. The van der Waals surface area contributed by atoms with Gasteiger partial charge in [-0.2, -0.15) is 0 Å². The molecule has 0 spiro atoms. The van der Waals surface area contributed by atoms with Gasteiger partial charge in [-0.1, -0.05) is 36.4 Å². The Morgan fingerprint density at radius 3 is 2.26 bits per heavy atom. The predicted octanol–water partition coefficient (Wildman–Crippen LogP) is 3.67. The number of carbonyl (C=O) groups excluding carboxylic acids is 2. The SMILES string of the molecule is CCN(CC)C(=O)[C@@H](OC(=O)c1cccc([N+](=O)[O-])c1C)c1ccccc1. The van der Waals surface area contributed by atoms with E-state index in [1.807, 2.05) is 13.8 Å². The highest BCUT2D eigenvalue weighted by atomic mass is 16.6. The molecule has 142 valence electrons. The van der Waals surface area contributed by atoms with E-state index in [4.69, 9.17) is 4.74 Å². The highest BCUT2D eigenvalue weighted by molar-refractivity contribution is 5.94. The van der Waals surface area contributed by atoms with Gasteiger partial charge in [0.2, 0.25) is 6.10 Å². The summed E-state index contributed by atoms with van der Waals surface area (Å²) in [4.78, 5) is 37.7. The minimum absolute atomic E-state index is 0.0671. The number of hydrogen-bond acceptors (Lipinski definition) is 5. The van der Waals surface area contributed by atoms with Gasteiger partial charge in [0.05, 0.1) is 10.5 Å². The predicted molar refractivity (Wildman–Crippen MR) is 100 cm³/mol. The molecule has 0 aliphatic rings. The molecule has 0 N–H and O–H groups in total. The Kier molecular flexibility index (Phi) is 6.65. The number of amides is 1. The van der Waals surface area contributed by atoms with Crippen molar-refractivity contribution in [1.29, 1.82) is 0 Å². The minimum Gasteiger partial charge on any atom is -0.444 e. The van der Waals surface area contributed by atoms with Gasteiger partial charge in [0.15, 0.2) is 0 Å². The summed E-state index contributed by atoms with van der Waals surface area (Å²) in [5.74, 6) is -1.10. The van der Waals surface area contributed by atoms with Crippen LogP contribution in [0.4, 0.5) is 5.69 Å². The van der Waals surface area contributed by atoms with Crippen molar-refractivity contribution in [2.75, 3.05) is 13.1 Å². The van der Waals surface area contributed by atoms with Gasteiger partial charge in [-0.05, 0) is 26.8 Å². The number of esters is 1. The molecule has 2 rings (SSSR count). The van der Waals surface area contributed by atoms with Crippen LogP contribution in [-0.2, 0) is 9.53 Å². The van der Waals surface area contributed by atoms with Gasteiger partial charge >= 0.3 is 5.97 Å². The van der Waals surface area contributed by atoms with Crippen LogP contribution >= 0.6 is 0 Å². The Balaban J connectivity index is 2.38. The first-order valence-electron chi connectivity index (χ1n) is 8.69. The second-order valence-electron chi connectivity index (χ2n) is 5.91. The maximum Gasteiger partial charge on any atom is 0.339 e. The molecule has 0 aromatic heterocycles. The summed E-state index contributed by atoms with van der Waals surface area (Å²) in [5, 5.41) is 11.1. The van der Waals surface area contributed by atoms with Crippen LogP contribution in [0.15, 0.2) is 48.5 Å². The van der Waals surface area contributed by atoms with Gasteiger partial charge < -0.3 is 9.64 Å². The maximum absolute atomic E-state index is 12.9. The van der Waals surface area contributed by atoms with Crippen LogP contribution in [0.2, 0.25) is 0 Å². The lowest BCUT2D eigenvalue weighted by Gasteiger charge is -2.25. The van der Waals surface area contributed by atoms with Crippen LogP contribution in [0.5, 0.6) is 0 Å². The smallest absolute Gasteiger partial charge is 0.339 e. The molecule has 0 saturated carbocycles. The molecule has 0 aliphatic heterocycles. The molecular weight excluding hydrogens is 348 g/mol. The fourth-order valence-corrected chi connectivity index (χ4v) is 2.80. The molecule has 0 radical (unpaired) electrons. The first kappa shape index (κ1) is 20.1.